The number of aromatic nitrogens is 2. The number of benzene rings is 1. The van der Waals surface area contributed by atoms with Crippen molar-refractivity contribution >= 4 is 17.5 Å². The third-order valence-corrected chi connectivity index (χ3v) is 5.43. The minimum Gasteiger partial charge on any atom is -0.454 e. The van der Waals surface area contributed by atoms with Gasteiger partial charge in [0.05, 0.1) is 4.92 Å². The maximum Gasteiger partial charge on any atom is 0.332 e. The first kappa shape index (κ1) is 19.2. The molecule has 154 valence electrons. The number of nitrogens with one attached hydrogen (secondary N) is 1. The molecular formula is C19H24N6O4. The second-order valence-electron chi connectivity index (χ2n) is 7.51. The largest absolute Gasteiger partial charge is 0.454 e. The van der Waals surface area contributed by atoms with Crippen LogP contribution in [0.5, 0.6) is 11.5 Å². The normalized spacial score (nSPS) is 20.4. The molecule has 2 aliphatic rings. The van der Waals surface area contributed by atoms with Crippen LogP contribution >= 0.6 is 0 Å². The van der Waals surface area contributed by atoms with Crippen LogP contribution in [0.15, 0.2) is 18.2 Å². The summed E-state index contributed by atoms with van der Waals surface area (Å²) in [6, 6.07) is 5.83. The third-order valence-electron chi connectivity index (χ3n) is 5.43. The van der Waals surface area contributed by atoms with Crippen molar-refractivity contribution in [1.82, 2.24) is 9.97 Å². The number of nitro groups is 1. The Morgan fingerprint density at radius 1 is 1.17 bits per heavy atom. The lowest BCUT2D eigenvalue weighted by molar-refractivity contribution is -0.385. The number of nitrogens with two attached hydrogens (primary N) is 2. The molecule has 0 spiro atoms. The molecule has 5 N–H and O–H groups in total. The molecule has 1 aromatic heterocycles. The van der Waals surface area contributed by atoms with Crippen LogP contribution in [-0.2, 0) is 13.0 Å². The van der Waals surface area contributed by atoms with Crippen LogP contribution in [-0.4, -0.2) is 27.7 Å². The standard InChI is InChI=1S/C19H24N6O4/c20-13-4-1-11(2-5-13)7-14-17(25(26)27)18(21)24-19(23-14)22-9-12-3-6-15-16(8-12)29-10-28-15/h3,6,8,11,13H,1-2,4-5,7,9-10,20H2,(H3,21,22,23,24)/t11-,13-. The van der Waals surface area contributed by atoms with E-state index in [1.807, 2.05) is 18.2 Å². The van der Waals surface area contributed by atoms with Gasteiger partial charge in [0, 0.05) is 12.6 Å². The summed E-state index contributed by atoms with van der Waals surface area (Å²) >= 11 is 0. The predicted molar refractivity (Wildman–Crippen MR) is 107 cm³/mol. The molecule has 1 aliphatic carbocycles. The van der Waals surface area contributed by atoms with E-state index < -0.39 is 4.92 Å². The van der Waals surface area contributed by atoms with Crippen molar-refractivity contribution in [1.29, 1.82) is 0 Å². The lowest BCUT2D eigenvalue weighted by Gasteiger charge is -2.25. The van der Waals surface area contributed by atoms with Gasteiger partial charge in [-0.3, -0.25) is 10.1 Å². The Balaban J connectivity index is 1.51. The first-order valence-corrected chi connectivity index (χ1v) is 9.68. The molecule has 0 radical (unpaired) electrons. The van der Waals surface area contributed by atoms with Crippen molar-refractivity contribution < 1.29 is 14.4 Å². The lowest BCUT2D eigenvalue weighted by atomic mass is 9.83. The van der Waals surface area contributed by atoms with Gasteiger partial charge in [-0.2, -0.15) is 4.98 Å². The number of hydrogen-bond acceptors (Lipinski definition) is 9. The quantitative estimate of drug-likeness (QED) is 0.490. The molecule has 0 atom stereocenters. The van der Waals surface area contributed by atoms with Gasteiger partial charge in [-0.05, 0) is 55.7 Å². The summed E-state index contributed by atoms with van der Waals surface area (Å²) in [6.45, 7) is 0.634. The zero-order valence-corrected chi connectivity index (χ0v) is 16.0. The van der Waals surface area contributed by atoms with Crippen molar-refractivity contribution in [2.75, 3.05) is 17.8 Å². The summed E-state index contributed by atoms with van der Waals surface area (Å²) in [6.07, 6.45) is 4.21. The Morgan fingerprint density at radius 3 is 2.69 bits per heavy atom. The van der Waals surface area contributed by atoms with Gasteiger partial charge in [0.15, 0.2) is 11.5 Å². The highest BCUT2D eigenvalue weighted by molar-refractivity contribution is 5.58. The van der Waals surface area contributed by atoms with E-state index in [4.69, 9.17) is 20.9 Å². The van der Waals surface area contributed by atoms with Crippen molar-refractivity contribution in [3.05, 3.63) is 39.6 Å². The van der Waals surface area contributed by atoms with Crippen LogP contribution in [0, 0.1) is 16.0 Å². The molecule has 0 bridgehead atoms. The van der Waals surface area contributed by atoms with Gasteiger partial charge >= 0.3 is 5.69 Å². The van der Waals surface area contributed by atoms with Crippen molar-refractivity contribution in [2.45, 2.75) is 44.7 Å². The van der Waals surface area contributed by atoms with Gasteiger partial charge in [-0.15, -0.1) is 0 Å². The lowest BCUT2D eigenvalue weighted by Crippen LogP contribution is -2.27. The highest BCUT2D eigenvalue weighted by Crippen LogP contribution is 2.34. The number of ether oxygens (including phenoxy) is 2. The molecule has 0 amide bonds. The first-order valence-electron chi connectivity index (χ1n) is 9.68. The Kier molecular flexibility index (Phi) is 5.34. The van der Waals surface area contributed by atoms with Crippen molar-refractivity contribution in [3.8, 4) is 11.5 Å². The third kappa shape index (κ3) is 4.32. The van der Waals surface area contributed by atoms with E-state index in [2.05, 4.69) is 15.3 Å². The number of hydrogen-bond donors (Lipinski definition) is 3. The van der Waals surface area contributed by atoms with E-state index in [0.717, 1.165) is 31.2 Å². The molecule has 4 rings (SSSR count). The van der Waals surface area contributed by atoms with E-state index >= 15 is 0 Å². The molecule has 2 aromatic rings. The molecule has 0 saturated heterocycles. The topological polar surface area (TPSA) is 151 Å². The molecule has 10 nitrogen and oxygen atoms in total. The van der Waals surface area contributed by atoms with Crippen LogP contribution < -0.4 is 26.3 Å². The van der Waals surface area contributed by atoms with E-state index in [9.17, 15) is 10.1 Å². The zero-order valence-electron chi connectivity index (χ0n) is 16.0. The van der Waals surface area contributed by atoms with Crippen molar-refractivity contribution in [2.24, 2.45) is 11.7 Å². The monoisotopic (exact) mass is 400 g/mol. The maximum atomic E-state index is 11.5. The van der Waals surface area contributed by atoms with Crippen molar-refractivity contribution in [3.63, 3.8) is 0 Å². The summed E-state index contributed by atoms with van der Waals surface area (Å²) in [5, 5.41) is 14.6. The molecule has 29 heavy (non-hydrogen) atoms. The Bertz CT molecular complexity index is 914. The zero-order chi connectivity index (χ0) is 20.4. The van der Waals surface area contributed by atoms with Gasteiger partial charge in [0.25, 0.3) is 0 Å². The SMILES string of the molecule is Nc1nc(NCc2ccc3c(c2)OCO3)nc(C[C@H]2CC[C@H](N)CC2)c1[N+](=O)[O-]. The molecule has 1 saturated carbocycles. The van der Waals surface area contributed by atoms with Crippen LogP contribution in [0.2, 0.25) is 0 Å². The minimum atomic E-state index is -0.499. The molecule has 1 aliphatic heterocycles. The van der Waals surface area contributed by atoms with Gasteiger partial charge in [0.2, 0.25) is 18.6 Å². The number of nitrogens with zero attached hydrogens (tertiary/aromatic N) is 3. The number of fused-ring (bicyclic) bond motifs is 1. The summed E-state index contributed by atoms with van der Waals surface area (Å²) in [5.41, 5.74) is 13.0. The van der Waals surface area contributed by atoms with Gasteiger partial charge < -0.3 is 26.3 Å². The van der Waals surface area contributed by atoms with Crippen LogP contribution in [0.4, 0.5) is 17.5 Å². The summed E-state index contributed by atoms with van der Waals surface area (Å²) in [7, 11) is 0. The Hall–Kier alpha value is -3.14. The summed E-state index contributed by atoms with van der Waals surface area (Å²) in [4.78, 5) is 19.5. The molecule has 10 heteroatoms. The van der Waals surface area contributed by atoms with Crippen LogP contribution in [0.1, 0.15) is 36.9 Å². The van der Waals surface area contributed by atoms with Gasteiger partial charge in [0.1, 0.15) is 5.69 Å². The number of nitrogen functional groups attached to an aromatic ring is 1. The Morgan fingerprint density at radius 2 is 1.93 bits per heavy atom. The van der Waals surface area contributed by atoms with Crippen LogP contribution in [0.3, 0.4) is 0 Å². The molecule has 1 fully saturated rings. The van der Waals surface area contributed by atoms with Crippen LogP contribution in [0.25, 0.3) is 0 Å². The maximum absolute atomic E-state index is 11.5. The summed E-state index contributed by atoms with van der Waals surface area (Å²) in [5.74, 6) is 1.85. The number of anilines is 2. The summed E-state index contributed by atoms with van der Waals surface area (Å²) < 4.78 is 10.7. The second kappa shape index (κ2) is 8.08. The predicted octanol–water partition coefficient (Wildman–Crippen LogP) is 2.37. The average molecular weight is 400 g/mol. The fourth-order valence-corrected chi connectivity index (χ4v) is 3.84. The highest BCUT2D eigenvalue weighted by Gasteiger charge is 2.27. The number of rotatable bonds is 6. The molecule has 2 heterocycles. The van der Waals surface area contributed by atoms with E-state index in [-0.39, 0.29) is 30.3 Å². The Labute approximate surface area is 167 Å². The highest BCUT2D eigenvalue weighted by atomic mass is 16.7. The minimum absolute atomic E-state index is 0.124. The second-order valence-corrected chi connectivity index (χ2v) is 7.51. The van der Waals surface area contributed by atoms with Gasteiger partial charge in [-0.25, -0.2) is 4.98 Å². The average Bonchev–Trinajstić information content (AvgIpc) is 3.15. The van der Waals surface area contributed by atoms with E-state index in [1.54, 1.807) is 0 Å². The molecule has 0 unspecified atom stereocenters. The molecule has 1 aromatic carbocycles. The van der Waals surface area contributed by atoms with Gasteiger partial charge in [-0.1, -0.05) is 6.07 Å². The fourth-order valence-electron chi connectivity index (χ4n) is 3.84. The smallest absolute Gasteiger partial charge is 0.332 e. The first-order chi connectivity index (χ1) is 14.0. The molecular weight excluding hydrogens is 376 g/mol. The fraction of sp³-hybridized carbons (Fsp3) is 0.474. The van der Waals surface area contributed by atoms with E-state index in [1.165, 1.54) is 0 Å². The van der Waals surface area contributed by atoms with E-state index in [0.29, 0.717) is 36.1 Å².